The van der Waals surface area contributed by atoms with E-state index in [1.807, 2.05) is 12.1 Å². The van der Waals surface area contributed by atoms with Crippen LogP contribution in [0.25, 0.3) is 98.0 Å². The zero-order valence-electron chi connectivity index (χ0n) is 27.4. The first kappa shape index (κ1) is 27.5. The van der Waals surface area contributed by atoms with Crippen LogP contribution in [0.5, 0.6) is 0 Å². The van der Waals surface area contributed by atoms with Gasteiger partial charge >= 0.3 is 0 Å². The lowest BCUT2D eigenvalue weighted by Crippen LogP contribution is -2.34. The van der Waals surface area contributed by atoms with Crippen LogP contribution in [0.4, 0.5) is 22.7 Å². The number of rotatable bonds is 2. The van der Waals surface area contributed by atoms with Gasteiger partial charge in [0.2, 0.25) is 6.71 Å². The minimum Gasteiger partial charge on any atom is -0.398 e. The topological polar surface area (TPSA) is 104 Å². The number of nitrogen functional groups attached to an aromatic ring is 4. The third-order valence-electron chi connectivity index (χ3n) is 11.6. The van der Waals surface area contributed by atoms with Gasteiger partial charge in [-0.2, -0.15) is 0 Å². The summed E-state index contributed by atoms with van der Waals surface area (Å²) in [5.74, 6) is 0. The molecule has 1 heterocycles. The number of benzene rings is 10. The molecule has 0 radical (unpaired) electrons. The molecule has 10 aromatic rings. The SMILES string of the molecule is CB1c2cc(-c3cc4ccc5c(N)cc(N)c6ccc(c3)c4c56)ccc2-c2ccc(-c3cc4ccc5c(N)cc(N)c6ccc(c3)c4c56)cc21. The first-order chi connectivity index (χ1) is 24.3. The van der Waals surface area contributed by atoms with Gasteiger partial charge in [0.25, 0.3) is 0 Å². The van der Waals surface area contributed by atoms with Crippen molar-refractivity contribution >= 4 is 105 Å². The van der Waals surface area contributed by atoms with E-state index in [-0.39, 0.29) is 6.71 Å². The highest BCUT2D eigenvalue weighted by atomic mass is 14.6. The Morgan fingerprint density at radius 1 is 0.340 bits per heavy atom. The van der Waals surface area contributed by atoms with Crippen molar-refractivity contribution < 1.29 is 0 Å². The third kappa shape index (κ3) is 3.51. The first-order valence-corrected chi connectivity index (χ1v) is 17.1. The second-order valence-corrected chi connectivity index (χ2v) is 14.2. The van der Waals surface area contributed by atoms with Crippen molar-refractivity contribution in [3.63, 3.8) is 0 Å². The summed E-state index contributed by atoms with van der Waals surface area (Å²) < 4.78 is 0. The average Bonchev–Trinajstić information content (AvgIpc) is 3.41. The first-order valence-electron chi connectivity index (χ1n) is 17.1. The van der Waals surface area contributed by atoms with Crippen molar-refractivity contribution in [2.75, 3.05) is 22.9 Å². The van der Waals surface area contributed by atoms with Gasteiger partial charge in [0.1, 0.15) is 0 Å². The van der Waals surface area contributed by atoms with Crippen LogP contribution < -0.4 is 33.9 Å². The molecule has 8 N–H and O–H groups in total. The molecule has 0 saturated heterocycles. The van der Waals surface area contributed by atoms with E-state index in [1.54, 1.807) is 0 Å². The molecule has 0 aromatic heterocycles. The Morgan fingerprint density at radius 2 is 0.680 bits per heavy atom. The molecule has 0 aliphatic carbocycles. The fraction of sp³-hybridized carbons (Fsp3) is 0.0222. The van der Waals surface area contributed by atoms with Gasteiger partial charge < -0.3 is 22.9 Å². The Bertz CT molecular complexity index is 2760. The molecule has 10 aromatic carbocycles. The van der Waals surface area contributed by atoms with Crippen LogP contribution in [0.3, 0.4) is 0 Å². The van der Waals surface area contributed by atoms with E-state index in [4.69, 9.17) is 22.9 Å². The van der Waals surface area contributed by atoms with Gasteiger partial charge in [-0.15, -0.1) is 0 Å². The Kier molecular flexibility index (Phi) is 5.15. The summed E-state index contributed by atoms with van der Waals surface area (Å²) in [5, 5.41) is 13.8. The van der Waals surface area contributed by atoms with E-state index in [9.17, 15) is 0 Å². The summed E-state index contributed by atoms with van der Waals surface area (Å²) in [4.78, 5) is 0. The molecule has 50 heavy (non-hydrogen) atoms. The normalized spacial score (nSPS) is 12.8. The zero-order valence-corrected chi connectivity index (χ0v) is 27.4. The molecule has 5 heteroatoms. The molecular weight excluding hydrogens is 607 g/mol. The van der Waals surface area contributed by atoms with Crippen molar-refractivity contribution in [2.24, 2.45) is 0 Å². The van der Waals surface area contributed by atoms with Crippen LogP contribution >= 0.6 is 0 Å². The number of nitrogens with two attached hydrogens (primary N) is 4. The van der Waals surface area contributed by atoms with Crippen LogP contribution in [-0.2, 0) is 0 Å². The Balaban J connectivity index is 1.00. The highest BCUT2D eigenvalue weighted by Crippen LogP contribution is 2.43. The van der Waals surface area contributed by atoms with Crippen molar-refractivity contribution in [1.82, 2.24) is 0 Å². The molecule has 0 saturated carbocycles. The van der Waals surface area contributed by atoms with Crippen molar-refractivity contribution in [1.29, 1.82) is 0 Å². The lowest BCUT2D eigenvalue weighted by molar-refractivity contribution is 1.65. The maximum absolute atomic E-state index is 6.41. The lowest BCUT2D eigenvalue weighted by atomic mass is 9.45. The van der Waals surface area contributed by atoms with Gasteiger partial charge in [-0.3, -0.25) is 0 Å². The van der Waals surface area contributed by atoms with E-state index in [1.165, 1.54) is 76.6 Å². The Morgan fingerprint density at radius 3 is 1.02 bits per heavy atom. The molecule has 0 amide bonds. The molecule has 0 bridgehead atoms. The highest BCUT2D eigenvalue weighted by Gasteiger charge is 2.29. The number of anilines is 4. The monoisotopic (exact) mass is 638 g/mol. The lowest BCUT2D eigenvalue weighted by Gasteiger charge is -2.16. The van der Waals surface area contributed by atoms with Crippen LogP contribution in [-0.4, -0.2) is 6.71 Å². The number of hydrogen-bond donors (Lipinski definition) is 4. The number of hydrogen-bond acceptors (Lipinski definition) is 4. The van der Waals surface area contributed by atoms with Crippen LogP contribution in [0, 0.1) is 0 Å². The predicted octanol–water partition coefficient (Wildman–Crippen LogP) is 9.36. The van der Waals surface area contributed by atoms with Gasteiger partial charge in [0, 0.05) is 55.1 Å². The van der Waals surface area contributed by atoms with Gasteiger partial charge in [0.05, 0.1) is 0 Å². The van der Waals surface area contributed by atoms with Crippen LogP contribution in [0.1, 0.15) is 0 Å². The summed E-state index contributed by atoms with van der Waals surface area (Å²) in [5.41, 5.74) is 38.7. The molecule has 0 spiro atoms. The molecule has 0 unspecified atom stereocenters. The minimum absolute atomic E-state index is 0.271. The van der Waals surface area contributed by atoms with Crippen molar-refractivity contribution in [2.45, 2.75) is 6.82 Å². The summed E-state index contributed by atoms with van der Waals surface area (Å²) in [6, 6.07) is 44.2. The van der Waals surface area contributed by atoms with Gasteiger partial charge in [-0.25, -0.2) is 0 Å². The van der Waals surface area contributed by atoms with E-state index in [0.717, 1.165) is 55.1 Å². The summed E-state index contributed by atoms with van der Waals surface area (Å²) >= 11 is 0. The summed E-state index contributed by atoms with van der Waals surface area (Å²) in [7, 11) is 0. The zero-order chi connectivity index (χ0) is 33.6. The smallest absolute Gasteiger partial charge is 0.207 e. The maximum Gasteiger partial charge on any atom is 0.207 e. The van der Waals surface area contributed by atoms with Crippen molar-refractivity contribution in [3.05, 3.63) is 121 Å². The quantitative estimate of drug-likeness (QED) is 0.0861. The Labute approximate surface area is 288 Å². The molecule has 0 atom stereocenters. The fourth-order valence-corrected chi connectivity index (χ4v) is 9.13. The van der Waals surface area contributed by atoms with E-state index in [0.29, 0.717) is 0 Å². The molecule has 234 valence electrons. The van der Waals surface area contributed by atoms with Gasteiger partial charge in [-0.1, -0.05) is 103 Å². The molecule has 1 aliphatic rings. The summed E-state index contributed by atoms with van der Waals surface area (Å²) in [6.07, 6.45) is 0. The third-order valence-corrected chi connectivity index (χ3v) is 11.6. The molecule has 0 fully saturated rings. The summed E-state index contributed by atoms with van der Waals surface area (Å²) in [6.45, 7) is 2.61. The van der Waals surface area contributed by atoms with Crippen molar-refractivity contribution in [3.8, 4) is 33.4 Å². The average molecular weight is 639 g/mol. The standard InChI is InChI=1S/C45H31BN4/c1-46-36-18-22(28-14-24-4-10-32-38(47)20-39(48)33-11-5-25(15-28)42(24)44(32)33)2-8-30(36)31-9-3-23(19-37(31)46)29-16-26-6-12-34-40(49)21-41(50)35-13-7-27(17-29)43(26)45(34)35/h2-21H,47-50H2,1H3. The second kappa shape index (κ2) is 9.37. The van der Waals surface area contributed by atoms with E-state index in [2.05, 4.69) is 116 Å². The van der Waals surface area contributed by atoms with E-state index < -0.39 is 0 Å². The van der Waals surface area contributed by atoms with Crippen LogP contribution in [0.2, 0.25) is 6.82 Å². The Hall–Kier alpha value is -6.46. The van der Waals surface area contributed by atoms with E-state index >= 15 is 0 Å². The fourth-order valence-electron chi connectivity index (χ4n) is 9.13. The minimum atomic E-state index is 0.271. The molecule has 4 nitrogen and oxygen atoms in total. The maximum atomic E-state index is 6.41. The van der Waals surface area contributed by atoms with Gasteiger partial charge in [-0.05, 0) is 102 Å². The highest BCUT2D eigenvalue weighted by molar-refractivity contribution is 6.88. The number of fused-ring (bicyclic) bond motifs is 3. The second-order valence-electron chi connectivity index (χ2n) is 14.2. The largest absolute Gasteiger partial charge is 0.398 e. The molecule has 11 rings (SSSR count). The molecular formula is C45H31BN4. The molecule has 1 aliphatic heterocycles. The predicted molar refractivity (Wildman–Crippen MR) is 219 cm³/mol. The van der Waals surface area contributed by atoms with Crippen LogP contribution in [0.15, 0.2) is 121 Å². The van der Waals surface area contributed by atoms with Gasteiger partial charge in [0.15, 0.2) is 0 Å².